The Kier molecular flexibility index (Phi) is 7.87. The van der Waals surface area contributed by atoms with Gasteiger partial charge in [0.25, 0.3) is 11.8 Å². The first-order chi connectivity index (χ1) is 17.5. The Morgan fingerprint density at radius 3 is 1.95 bits per heavy atom. The van der Waals surface area contributed by atoms with Crippen LogP contribution in [0.3, 0.4) is 0 Å². The molecule has 3 aromatic rings. The largest absolute Gasteiger partial charge is 0.435 e. The van der Waals surface area contributed by atoms with E-state index in [0.29, 0.717) is 6.07 Å². The van der Waals surface area contributed by atoms with Crippen molar-refractivity contribution in [3.63, 3.8) is 0 Å². The second kappa shape index (κ2) is 10.3. The Balaban J connectivity index is 1.90. The molecule has 2 amide bonds. The number of anilines is 2. The highest BCUT2D eigenvalue weighted by Gasteiger charge is 2.73. The van der Waals surface area contributed by atoms with Gasteiger partial charge in [-0.1, -0.05) is 12.1 Å². The van der Waals surface area contributed by atoms with Crippen LogP contribution in [0.2, 0.25) is 0 Å². The van der Waals surface area contributed by atoms with Crippen molar-refractivity contribution in [1.29, 1.82) is 0 Å². The van der Waals surface area contributed by atoms with Crippen LogP contribution in [-0.2, 0) is 5.67 Å². The monoisotopic (exact) mass is 612 g/mol. The first-order valence-corrected chi connectivity index (χ1v) is 11.0. The molecule has 14 heteroatoms. The Bertz CT molecular complexity index is 1360. The van der Waals surface area contributed by atoms with Gasteiger partial charge in [-0.3, -0.25) is 9.59 Å². The van der Waals surface area contributed by atoms with E-state index in [1.54, 1.807) is 0 Å². The van der Waals surface area contributed by atoms with Crippen molar-refractivity contribution in [3.05, 3.63) is 93.5 Å². The second-order valence-corrected chi connectivity index (χ2v) is 8.67. The van der Waals surface area contributed by atoms with Crippen molar-refractivity contribution in [1.82, 2.24) is 0 Å². The van der Waals surface area contributed by atoms with Gasteiger partial charge in [0.1, 0.15) is 5.82 Å². The molecule has 0 aromatic heterocycles. The normalized spacial score (nSPS) is 12.3. The average Bonchev–Trinajstić information content (AvgIpc) is 2.83. The molecule has 0 bridgehead atoms. The van der Waals surface area contributed by atoms with Gasteiger partial charge >= 0.3 is 18.0 Å². The highest BCUT2D eigenvalue weighted by atomic mass is 79.9. The van der Waals surface area contributed by atoms with Crippen LogP contribution in [0.5, 0.6) is 0 Å². The molecular weight excluding hydrogens is 599 g/mol. The molecule has 3 rings (SSSR count). The summed E-state index contributed by atoms with van der Waals surface area (Å²) in [5.41, 5.74) is -8.87. The number of nitrogens with zero attached hydrogens (tertiary/aromatic N) is 1. The maximum absolute atomic E-state index is 15.2. The summed E-state index contributed by atoms with van der Waals surface area (Å²) in [5.74, 6) is -3.72. The van der Waals surface area contributed by atoms with Crippen molar-refractivity contribution >= 4 is 39.1 Å². The highest BCUT2D eigenvalue weighted by molar-refractivity contribution is 9.10. The molecule has 3 aromatic carbocycles. The van der Waals surface area contributed by atoms with E-state index >= 15 is 4.39 Å². The Hall–Kier alpha value is -3.55. The lowest BCUT2D eigenvalue weighted by molar-refractivity contribution is -0.348. The minimum absolute atomic E-state index is 0.00817. The Morgan fingerprint density at radius 2 is 1.42 bits per heavy atom. The van der Waals surface area contributed by atoms with E-state index in [1.165, 1.54) is 13.1 Å². The topological polar surface area (TPSA) is 49.4 Å². The van der Waals surface area contributed by atoms with E-state index in [0.717, 1.165) is 41.3 Å². The minimum atomic E-state index is -6.34. The SMILES string of the molecule is CN(C(=O)c1ccc(F)cc1)c1cccc(C(=O)Nc2ccc(C(F)(C(F)(F)F)C(F)(F)F)cc2Br)c1F. The van der Waals surface area contributed by atoms with Crippen molar-refractivity contribution in [2.75, 3.05) is 17.3 Å². The molecule has 0 radical (unpaired) electrons. The van der Waals surface area contributed by atoms with Gasteiger partial charge in [-0.05, 0) is 64.5 Å². The summed E-state index contributed by atoms with van der Waals surface area (Å²) >= 11 is 2.69. The van der Waals surface area contributed by atoms with Crippen LogP contribution in [-0.4, -0.2) is 31.2 Å². The number of halogens is 10. The van der Waals surface area contributed by atoms with E-state index in [1.807, 2.05) is 0 Å². The zero-order valence-corrected chi connectivity index (χ0v) is 20.4. The first-order valence-electron chi connectivity index (χ1n) is 10.2. The van der Waals surface area contributed by atoms with Gasteiger partial charge in [0.15, 0.2) is 5.82 Å². The molecule has 0 aliphatic rings. The molecule has 0 spiro atoms. The number of nitrogens with one attached hydrogen (secondary N) is 1. The van der Waals surface area contributed by atoms with Crippen LogP contribution in [0.25, 0.3) is 0 Å². The predicted octanol–water partition coefficient (Wildman–Crippen LogP) is 7.55. The zero-order chi connectivity index (χ0) is 28.6. The van der Waals surface area contributed by atoms with Gasteiger partial charge in [-0.2, -0.15) is 26.3 Å². The lowest BCUT2D eigenvalue weighted by atomic mass is 9.94. The molecule has 0 heterocycles. The third kappa shape index (κ3) is 5.35. The number of hydrogen-bond donors (Lipinski definition) is 1. The molecule has 0 saturated carbocycles. The van der Waals surface area contributed by atoms with Gasteiger partial charge in [0, 0.05) is 22.6 Å². The number of rotatable bonds is 5. The lowest BCUT2D eigenvalue weighted by Crippen LogP contribution is -2.50. The number of carbonyl (C=O) groups excluding carboxylic acids is 2. The summed E-state index contributed by atoms with van der Waals surface area (Å²) < 4.78 is 120. The standard InChI is InChI=1S/C24H14BrF9N2O2/c1-36(21(38)12-5-8-14(26)9-6-12)18-4-2-3-15(19(18)27)20(37)35-17-10-7-13(11-16(17)25)22(28,23(29,30)31)24(32,33)34/h2-11H,1H3,(H,35,37). The van der Waals surface area contributed by atoms with E-state index in [-0.39, 0.29) is 23.4 Å². The quantitative estimate of drug-likeness (QED) is 0.303. The summed E-state index contributed by atoms with van der Waals surface area (Å²) in [7, 11) is 1.19. The van der Waals surface area contributed by atoms with Crippen LogP contribution in [0.15, 0.2) is 65.1 Å². The van der Waals surface area contributed by atoms with Gasteiger partial charge < -0.3 is 10.2 Å². The highest BCUT2D eigenvalue weighted by Crippen LogP contribution is 2.53. The van der Waals surface area contributed by atoms with Crippen molar-refractivity contribution in [3.8, 4) is 0 Å². The molecule has 0 unspecified atom stereocenters. The number of benzene rings is 3. The molecule has 0 saturated heterocycles. The van der Waals surface area contributed by atoms with Crippen LogP contribution in [0, 0.1) is 11.6 Å². The number of alkyl halides is 7. The van der Waals surface area contributed by atoms with Crippen LogP contribution < -0.4 is 10.2 Å². The van der Waals surface area contributed by atoms with Crippen LogP contribution in [0.1, 0.15) is 26.3 Å². The first kappa shape index (κ1) is 29.0. The van der Waals surface area contributed by atoms with Gasteiger partial charge in [0.05, 0.1) is 16.9 Å². The third-order valence-corrected chi connectivity index (χ3v) is 6.03. The molecule has 0 fully saturated rings. The number of amides is 2. The number of hydrogen-bond acceptors (Lipinski definition) is 2. The molecule has 202 valence electrons. The summed E-state index contributed by atoms with van der Waals surface area (Å²) in [5, 5.41) is 2.10. The fourth-order valence-electron chi connectivity index (χ4n) is 3.36. The molecule has 38 heavy (non-hydrogen) atoms. The average molecular weight is 613 g/mol. The molecule has 0 atom stereocenters. The maximum Gasteiger partial charge on any atom is 0.435 e. The van der Waals surface area contributed by atoms with Crippen LogP contribution >= 0.6 is 15.9 Å². The fraction of sp³-hybridized carbons (Fsp3) is 0.167. The second-order valence-electron chi connectivity index (χ2n) is 7.81. The van der Waals surface area contributed by atoms with Gasteiger partial charge in [-0.15, -0.1) is 0 Å². The Labute approximate surface area is 217 Å². The zero-order valence-electron chi connectivity index (χ0n) is 18.8. The van der Waals surface area contributed by atoms with Crippen LogP contribution in [0.4, 0.5) is 50.9 Å². The fourth-order valence-corrected chi connectivity index (χ4v) is 3.84. The predicted molar refractivity (Wildman–Crippen MR) is 123 cm³/mol. The lowest BCUT2D eigenvalue weighted by Gasteiger charge is -2.30. The number of carbonyl (C=O) groups is 2. The molecule has 0 aliphatic heterocycles. The van der Waals surface area contributed by atoms with E-state index < -0.39 is 62.8 Å². The van der Waals surface area contributed by atoms with E-state index in [9.17, 15) is 44.7 Å². The molecule has 1 N–H and O–H groups in total. The van der Waals surface area contributed by atoms with Crippen molar-refractivity contribution < 1.29 is 49.1 Å². The summed E-state index contributed by atoms with van der Waals surface area (Å²) in [6.45, 7) is 0. The van der Waals surface area contributed by atoms with E-state index in [2.05, 4.69) is 21.2 Å². The van der Waals surface area contributed by atoms with Crippen molar-refractivity contribution in [2.45, 2.75) is 18.0 Å². The van der Waals surface area contributed by atoms with Crippen molar-refractivity contribution in [2.24, 2.45) is 0 Å². The maximum atomic E-state index is 15.2. The van der Waals surface area contributed by atoms with E-state index in [4.69, 9.17) is 0 Å². The summed E-state index contributed by atoms with van der Waals surface area (Å²) in [4.78, 5) is 26.2. The Morgan fingerprint density at radius 1 is 0.842 bits per heavy atom. The molecule has 4 nitrogen and oxygen atoms in total. The summed E-state index contributed by atoms with van der Waals surface area (Å²) in [6.07, 6.45) is -12.7. The van der Waals surface area contributed by atoms with Gasteiger partial charge in [0.2, 0.25) is 0 Å². The molecule has 0 aliphatic carbocycles. The molecular formula is C24H14BrF9N2O2. The summed E-state index contributed by atoms with van der Waals surface area (Å²) in [6, 6.07) is 8.68. The smallest absolute Gasteiger partial charge is 0.321 e. The third-order valence-electron chi connectivity index (χ3n) is 5.38. The minimum Gasteiger partial charge on any atom is -0.321 e. The van der Waals surface area contributed by atoms with Gasteiger partial charge in [-0.25, -0.2) is 13.2 Å².